The van der Waals surface area contributed by atoms with E-state index in [1.54, 1.807) is 19.1 Å². The second-order valence-electron chi connectivity index (χ2n) is 8.52. The summed E-state index contributed by atoms with van der Waals surface area (Å²) in [4.78, 5) is 13.8. The fourth-order valence-electron chi connectivity index (χ4n) is 4.14. The highest BCUT2D eigenvalue weighted by atomic mass is 32.2. The Morgan fingerprint density at radius 3 is 2.76 bits per heavy atom. The maximum absolute atomic E-state index is 12.8. The predicted octanol–water partition coefficient (Wildman–Crippen LogP) is 6.25. The molecule has 1 aromatic heterocycles. The van der Waals surface area contributed by atoms with Crippen LogP contribution in [0.5, 0.6) is 0 Å². The zero-order valence-electron chi connectivity index (χ0n) is 19.2. The van der Waals surface area contributed by atoms with Crippen LogP contribution >= 0.6 is 23.1 Å². The van der Waals surface area contributed by atoms with Crippen molar-refractivity contribution in [3.05, 3.63) is 40.3 Å². The van der Waals surface area contributed by atoms with Gasteiger partial charge in [0.15, 0.2) is 15.5 Å². The van der Waals surface area contributed by atoms with E-state index in [0.29, 0.717) is 20.9 Å². The Kier molecular flexibility index (Phi) is 7.80. The van der Waals surface area contributed by atoms with Gasteiger partial charge in [-0.1, -0.05) is 6.07 Å². The lowest BCUT2D eigenvalue weighted by Crippen LogP contribution is -2.11. The largest absolute Gasteiger partial charge is 0.462 e. The molecule has 2 aromatic rings. The molecule has 9 heteroatoms. The summed E-state index contributed by atoms with van der Waals surface area (Å²) in [6, 6.07) is 7.23. The summed E-state index contributed by atoms with van der Waals surface area (Å²) >= 11 is 3.13. The van der Waals surface area contributed by atoms with Crippen molar-refractivity contribution in [1.82, 2.24) is 0 Å². The first-order valence-electron chi connectivity index (χ1n) is 11.5. The highest BCUT2D eigenvalue weighted by Crippen LogP contribution is 2.44. The van der Waals surface area contributed by atoms with E-state index in [2.05, 4.69) is 16.1 Å². The molecule has 180 valence electrons. The Bertz CT molecular complexity index is 1240. The predicted molar refractivity (Wildman–Crippen MR) is 137 cm³/mol. The van der Waals surface area contributed by atoms with Crippen molar-refractivity contribution in [2.24, 2.45) is 10.2 Å². The van der Waals surface area contributed by atoms with E-state index in [4.69, 9.17) is 11.2 Å². The zero-order chi connectivity index (χ0) is 24.2. The normalized spacial score (nSPS) is 16.4. The minimum atomic E-state index is -3.43. The van der Waals surface area contributed by atoms with Gasteiger partial charge in [-0.15, -0.1) is 23.7 Å². The summed E-state index contributed by atoms with van der Waals surface area (Å²) in [5.41, 5.74) is 2.28. The highest BCUT2D eigenvalue weighted by molar-refractivity contribution is 7.98. The molecule has 0 N–H and O–H groups in total. The topological polar surface area (TPSA) is 85.2 Å². The highest BCUT2D eigenvalue weighted by Gasteiger charge is 2.38. The summed E-state index contributed by atoms with van der Waals surface area (Å²) in [5.74, 6) is 3.97. The van der Waals surface area contributed by atoms with Crippen LogP contribution in [0, 0.1) is 12.3 Å². The molecular weight excluding hydrogens is 488 g/mol. The molecule has 0 saturated heterocycles. The van der Waals surface area contributed by atoms with Crippen LogP contribution in [0.1, 0.15) is 66.2 Å². The monoisotopic (exact) mass is 516 g/mol. The number of carbonyl (C=O) groups excluding carboxylic acids is 1. The molecule has 0 saturated carbocycles. The molecule has 0 spiro atoms. The number of esters is 1. The van der Waals surface area contributed by atoms with Gasteiger partial charge in [0.1, 0.15) is 4.88 Å². The molecule has 0 bridgehead atoms. The van der Waals surface area contributed by atoms with Crippen LogP contribution in [0.25, 0.3) is 10.4 Å². The molecular formula is C25H28N2O4S3. The summed E-state index contributed by atoms with van der Waals surface area (Å²) in [7, 11) is -3.43. The summed E-state index contributed by atoms with van der Waals surface area (Å²) in [6.45, 7) is 2.04. The van der Waals surface area contributed by atoms with Gasteiger partial charge >= 0.3 is 5.97 Å². The van der Waals surface area contributed by atoms with Crippen molar-refractivity contribution in [3.8, 4) is 22.8 Å². The Morgan fingerprint density at radius 2 is 2.03 bits per heavy atom. The molecule has 3 heterocycles. The molecule has 0 unspecified atom stereocenters. The van der Waals surface area contributed by atoms with Gasteiger partial charge in [-0.3, -0.25) is 0 Å². The average molecular weight is 517 g/mol. The third kappa shape index (κ3) is 5.73. The van der Waals surface area contributed by atoms with Gasteiger partial charge in [-0.2, -0.15) is 22.0 Å². The third-order valence-electron chi connectivity index (χ3n) is 5.92. The van der Waals surface area contributed by atoms with E-state index in [9.17, 15) is 13.2 Å². The van der Waals surface area contributed by atoms with Gasteiger partial charge in [-0.05, 0) is 74.1 Å². The standard InChI is InChI=1S/C25H28N2O4S3/c1-3-5-6-7-11-25(26-27-25)12-8-13-32-16-18-9-10-22-20(14-18)23-19(17-34(22,29)30)15-21(33-23)24(28)31-4-2/h1,9-10,14-15H,4-8,11-13,16-17H2,2H3. The maximum Gasteiger partial charge on any atom is 0.348 e. The van der Waals surface area contributed by atoms with Crippen molar-refractivity contribution in [2.45, 2.75) is 67.5 Å². The van der Waals surface area contributed by atoms with E-state index in [0.717, 1.165) is 60.5 Å². The van der Waals surface area contributed by atoms with Crippen LogP contribution in [-0.4, -0.2) is 32.4 Å². The van der Waals surface area contributed by atoms with E-state index in [1.165, 1.54) is 11.3 Å². The summed E-state index contributed by atoms with van der Waals surface area (Å²) in [5, 5.41) is 8.54. The fraction of sp³-hybridized carbons (Fsp3) is 0.480. The molecule has 2 aliphatic heterocycles. The number of benzene rings is 1. The van der Waals surface area contributed by atoms with Gasteiger partial charge in [0.25, 0.3) is 0 Å². The molecule has 0 fully saturated rings. The fourth-order valence-corrected chi connectivity index (χ4v) is 7.88. The van der Waals surface area contributed by atoms with E-state index in [1.807, 2.05) is 23.9 Å². The van der Waals surface area contributed by atoms with Crippen LogP contribution in [0.4, 0.5) is 0 Å². The number of thiophene rings is 1. The second kappa shape index (κ2) is 10.6. The lowest BCUT2D eigenvalue weighted by Gasteiger charge is -2.17. The lowest BCUT2D eigenvalue weighted by atomic mass is 10.0. The van der Waals surface area contributed by atoms with Crippen LogP contribution in [0.15, 0.2) is 39.4 Å². The number of hydrogen-bond acceptors (Lipinski definition) is 8. The van der Waals surface area contributed by atoms with E-state index < -0.39 is 15.8 Å². The first-order valence-corrected chi connectivity index (χ1v) is 15.1. The minimum Gasteiger partial charge on any atom is -0.462 e. The number of nitrogens with zero attached hydrogens (tertiary/aromatic N) is 2. The van der Waals surface area contributed by atoms with Gasteiger partial charge in [-0.25, -0.2) is 13.2 Å². The first kappa shape index (κ1) is 25.0. The smallest absolute Gasteiger partial charge is 0.348 e. The van der Waals surface area contributed by atoms with Crippen LogP contribution < -0.4 is 0 Å². The molecule has 0 atom stereocenters. The Hall–Kier alpha value is -2.15. The maximum atomic E-state index is 12.8. The van der Waals surface area contributed by atoms with Gasteiger partial charge in [0, 0.05) is 22.6 Å². The molecule has 1 aromatic carbocycles. The molecule has 2 aliphatic rings. The number of carbonyl (C=O) groups is 1. The van der Waals surface area contributed by atoms with Gasteiger partial charge in [0.05, 0.1) is 17.3 Å². The summed E-state index contributed by atoms with van der Waals surface area (Å²) < 4.78 is 30.7. The Labute approximate surface area is 209 Å². The quantitative estimate of drug-likeness (QED) is 0.189. The number of fused-ring (bicyclic) bond motifs is 3. The van der Waals surface area contributed by atoms with Crippen LogP contribution in [0.3, 0.4) is 0 Å². The lowest BCUT2D eigenvalue weighted by molar-refractivity contribution is 0.0532. The number of hydrogen-bond donors (Lipinski definition) is 0. The Balaban J connectivity index is 1.36. The average Bonchev–Trinajstić information content (AvgIpc) is 3.45. The number of ether oxygens (including phenoxy) is 1. The van der Waals surface area contributed by atoms with E-state index in [-0.39, 0.29) is 18.0 Å². The first-order chi connectivity index (χ1) is 16.4. The van der Waals surface area contributed by atoms with Crippen molar-refractivity contribution in [2.75, 3.05) is 12.4 Å². The molecule has 0 amide bonds. The second-order valence-corrected chi connectivity index (χ2v) is 12.6. The molecule has 6 nitrogen and oxygen atoms in total. The third-order valence-corrected chi connectivity index (χ3v) is 9.94. The minimum absolute atomic E-state index is 0.0834. The number of unbranched alkanes of at least 4 members (excludes halogenated alkanes) is 2. The Morgan fingerprint density at radius 1 is 1.24 bits per heavy atom. The number of terminal acetylenes is 1. The molecule has 4 rings (SSSR count). The SMILES string of the molecule is C#CCCCCC1(CCCSCc2ccc3c(c2)-c2sc(C(=O)OCC)cc2CS3(=O)=O)N=N1. The van der Waals surface area contributed by atoms with Gasteiger partial charge < -0.3 is 4.74 Å². The number of rotatable bonds is 12. The summed E-state index contributed by atoms with van der Waals surface area (Å²) in [6.07, 6.45) is 11.2. The number of thioether (sulfide) groups is 1. The zero-order valence-corrected chi connectivity index (χ0v) is 21.7. The molecule has 34 heavy (non-hydrogen) atoms. The van der Waals surface area contributed by atoms with Crippen molar-refractivity contribution < 1.29 is 17.9 Å². The molecule has 0 radical (unpaired) electrons. The van der Waals surface area contributed by atoms with Crippen LogP contribution in [0.2, 0.25) is 0 Å². The number of sulfone groups is 1. The van der Waals surface area contributed by atoms with Gasteiger partial charge in [0.2, 0.25) is 0 Å². The van der Waals surface area contributed by atoms with Crippen LogP contribution in [-0.2, 0) is 26.1 Å². The van der Waals surface area contributed by atoms with Crippen molar-refractivity contribution >= 4 is 38.9 Å². The molecule has 0 aliphatic carbocycles. The van der Waals surface area contributed by atoms with Crippen molar-refractivity contribution in [1.29, 1.82) is 0 Å². The van der Waals surface area contributed by atoms with Crippen molar-refractivity contribution in [3.63, 3.8) is 0 Å². The van der Waals surface area contributed by atoms with E-state index >= 15 is 0 Å².